The molecule has 8 rings (SSSR count). The van der Waals surface area contributed by atoms with E-state index in [2.05, 4.69) is 140 Å². The summed E-state index contributed by atoms with van der Waals surface area (Å²) >= 11 is 3.63. The van der Waals surface area contributed by atoms with Gasteiger partial charge in [-0.1, -0.05) is 45.9 Å². The number of hydrogen-bond donors (Lipinski definition) is 7. The first kappa shape index (κ1) is 70.2. The molecule has 2 saturated heterocycles. The largest absolute Gasteiger partial charge is 0.460 e. The van der Waals surface area contributed by atoms with Crippen molar-refractivity contribution in [3.05, 3.63) is 109 Å². The summed E-state index contributed by atoms with van der Waals surface area (Å²) in [5.74, 6) is 3.38. The van der Waals surface area contributed by atoms with E-state index in [9.17, 15) is 24.9 Å². The Bertz CT molecular complexity index is 3570. The van der Waals surface area contributed by atoms with Crippen molar-refractivity contribution < 1.29 is 23.9 Å². The first-order valence-corrected chi connectivity index (χ1v) is 30.9. The second-order valence-corrected chi connectivity index (χ2v) is 24.4. The Morgan fingerprint density at radius 1 is 0.600 bits per heavy atom. The van der Waals surface area contributed by atoms with Crippen LogP contribution >= 0.6 is 15.9 Å². The van der Waals surface area contributed by atoms with E-state index in [1.54, 1.807) is 50.3 Å². The molecule has 2 aliphatic heterocycles. The van der Waals surface area contributed by atoms with Crippen LogP contribution in [0.15, 0.2) is 59.1 Å². The van der Waals surface area contributed by atoms with Gasteiger partial charge in [0.25, 0.3) is 17.7 Å². The number of nitriles is 2. The van der Waals surface area contributed by atoms with Crippen LogP contribution in [0.25, 0.3) is 0 Å². The van der Waals surface area contributed by atoms with Gasteiger partial charge in [0.1, 0.15) is 51.6 Å². The fraction of sp³-hybridized carbons (Fsp3) is 0.462. The molecule has 0 saturated carbocycles. The van der Waals surface area contributed by atoms with Gasteiger partial charge in [0.15, 0.2) is 29.1 Å². The lowest BCUT2D eigenvalue weighted by Crippen LogP contribution is -2.36. The molecule has 0 bridgehead atoms. The predicted molar refractivity (Wildman–Crippen MR) is 360 cm³/mol. The Morgan fingerprint density at radius 3 is 1.33 bits per heavy atom. The average molecular weight is 1300 g/mol. The van der Waals surface area contributed by atoms with E-state index < -0.39 is 0 Å². The van der Waals surface area contributed by atoms with Crippen molar-refractivity contribution in [2.75, 3.05) is 127 Å². The number of piperidine rings is 2. The summed E-state index contributed by atoms with van der Waals surface area (Å²) in [6.07, 6.45) is 4.38. The summed E-state index contributed by atoms with van der Waals surface area (Å²) < 4.78 is 13.0. The summed E-state index contributed by atoms with van der Waals surface area (Å²) in [4.78, 5) is 71.6. The molecule has 25 heteroatoms. The number of aryl methyl sites for hydroxylation is 4. The topological polar surface area (TPSA) is 292 Å². The maximum absolute atomic E-state index is 12.1. The first-order chi connectivity index (χ1) is 42.8. The normalized spacial score (nSPS) is 13.5. The number of hydrogen-bond acceptors (Lipinski definition) is 21. The molecule has 6 aromatic rings. The van der Waals surface area contributed by atoms with Crippen LogP contribution in [0.5, 0.6) is 12.0 Å². The van der Waals surface area contributed by atoms with Gasteiger partial charge < -0.3 is 66.3 Å². The molecule has 0 aliphatic carbocycles. The molecule has 2 aliphatic rings. The van der Waals surface area contributed by atoms with Crippen LogP contribution in [0, 0.1) is 48.8 Å². The minimum Gasteiger partial charge on any atom is -0.460 e. The maximum Gasteiger partial charge on any atom is 0.320 e. The lowest BCUT2D eigenvalue weighted by atomic mass is 9.97. The zero-order chi connectivity index (χ0) is 66.0. The van der Waals surface area contributed by atoms with E-state index >= 15 is 0 Å². The summed E-state index contributed by atoms with van der Waals surface area (Å²) in [6, 6.07) is 21.2. The number of anilines is 9. The number of carbonyl (C=O) groups is 3. The molecule has 3 amide bonds. The van der Waals surface area contributed by atoms with Gasteiger partial charge in [0, 0.05) is 122 Å². The van der Waals surface area contributed by atoms with E-state index in [1.165, 1.54) is 0 Å². The summed E-state index contributed by atoms with van der Waals surface area (Å²) in [5, 5.41) is 40.8. The predicted octanol–water partition coefficient (Wildman–Crippen LogP) is 9.66. The van der Waals surface area contributed by atoms with Crippen molar-refractivity contribution in [2.45, 2.75) is 99.7 Å². The third-order valence-electron chi connectivity index (χ3n) is 15.0. The fourth-order valence-electron chi connectivity index (χ4n) is 9.31. The van der Waals surface area contributed by atoms with E-state index in [-0.39, 0.29) is 47.4 Å². The van der Waals surface area contributed by atoms with Crippen molar-refractivity contribution in [1.29, 1.82) is 10.5 Å². The van der Waals surface area contributed by atoms with Crippen LogP contribution in [0.3, 0.4) is 0 Å². The van der Waals surface area contributed by atoms with Gasteiger partial charge in [-0.3, -0.25) is 14.4 Å². The quantitative estimate of drug-likeness (QED) is 0.0397. The Kier molecular flexibility index (Phi) is 25.4. The molecular formula is C65H88BrN19O5. The van der Waals surface area contributed by atoms with E-state index in [0.717, 1.165) is 103 Å². The molecule has 480 valence electrons. The first-order valence-electron chi connectivity index (χ1n) is 30.1. The molecule has 24 nitrogen and oxygen atoms in total. The highest BCUT2D eigenvalue weighted by Gasteiger charge is 2.26. The summed E-state index contributed by atoms with van der Waals surface area (Å²) in [7, 11) is 14.5. The number of ether oxygens (including phenoxy) is 2. The van der Waals surface area contributed by atoms with Gasteiger partial charge in [-0.2, -0.15) is 30.5 Å². The van der Waals surface area contributed by atoms with Crippen molar-refractivity contribution >= 4 is 85.6 Å². The molecule has 3 aromatic carbocycles. The zero-order valence-corrected chi connectivity index (χ0v) is 56.5. The van der Waals surface area contributed by atoms with Gasteiger partial charge in [0.05, 0.1) is 0 Å². The third-order valence-corrected chi connectivity index (χ3v) is 15.8. The Hall–Kier alpha value is -8.91. The number of likely N-dealkylation sites (tertiary alicyclic amines) is 2. The van der Waals surface area contributed by atoms with Gasteiger partial charge >= 0.3 is 12.0 Å². The number of rotatable bonds is 19. The SMILES string of the molecule is CCN(C)c1nc(OC2CCN(C)CC2)nc(Nc2cc(C(=O)NC)ccc2C)c1C#N.CCc1nc(NCC(C)(C)C)c(Br)c(Nc2cc(C(=O)NC)ccc2C)n1.CNC(=O)c1ccc(C)c(Nc2nc(OC3CCN(C)CC3)nc(N(C)C)c2C#N)c1. The number of aromatic nitrogens is 6. The molecule has 3 aromatic heterocycles. The van der Waals surface area contributed by atoms with Crippen molar-refractivity contribution in [3.63, 3.8) is 0 Å². The molecular weight excluding hydrogens is 1210 g/mol. The van der Waals surface area contributed by atoms with E-state index in [1.807, 2.05) is 91.0 Å². The molecule has 90 heavy (non-hydrogen) atoms. The zero-order valence-electron chi connectivity index (χ0n) is 54.9. The number of nitrogens with zero attached hydrogens (tertiary/aromatic N) is 12. The fourth-order valence-corrected chi connectivity index (χ4v) is 9.73. The van der Waals surface area contributed by atoms with Crippen LogP contribution in [-0.2, 0) is 6.42 Å². The highest BCUT2D eigenvalue weighted by atomic mass is 79.9. The maximum atomic E-state index is 12.1. The van der Waals surface area contributed by atoms with Crippen molar-refractivity contribution in [2.24, 2.45) is 5.41 Å². The van der Waals surface area contributed by atoms with Crippen molar-refractivity contribution in [1.82, 2.24) is 55.7 Å². The molecule has 0 spiro atoms. The van der Waals surface area contributed by atoms with Crippen LogP contribution in [0.4, 0.5) is 52.0 Å². The Morgan fingerprint density at radius 2 is 0.978 bits per heavy atom. The second-order valence-electron chi connectivity index (χ2n) is 23.6. The van der Waals surface area contributed by atoms with Crippen LogP contribution in [0.1, 0.15) is 125 Å². The highest BCUT2D eigenvalue weighted by molar-refractivity contribution is 9.10. The molecule has 0 radical (unpaired) electrons. The van der Waals surface area contributed by atoms with Gasteiger partial charge in [0.2, 0.25) is 0 Å². The monoisotopic (exact) mass is 1290 g/mol. The lowest BCUT2D eigenvalue weighted by Gasteiger charge is -2.29. The minimum absolute atomic E-state index is 0.0325. The lowest BCUT2D eigenvalue weighted by molar-refractivity contribution is 0.0955. The van der Waals surface area contributed by atoms with Crippen LogP contribution in [-0.4, -0.2) is 165 Å². The average Bonchev–Trinajstić information content (AvgIpc) is 1.09. The van der Waals surface area contributed by atoms with Gasteiger partial charge in [-0.05, 0) is 142 Å². The Labute approximate surface area is 538 Å². The van der Waals surface area contributed by atoms with Gasteiger partial charge in [-0.15, -0.1) is 0 Å². The number of nitrogens with one attached hydrogen (secondary N) is 7. The molecule has 5 heterocycles. The van der Waals surface area contributed by atoms with E-state index in [4.69, 9.17) is 9.47 Å². The number of carbonyl (C=O) groups excluding carboxylic acids is 3. The smallest absolute Gasteiger partial charge is 0.320 e. The number of benzene rings is 3. The van der Waals surface area contributed by atoms with Gasteiger partial charge in [-0.25, -0.2) is 9.97 Å². The molecule has 0 unspecified atom stereocenters. The second kappa shape index (κ2) is 32.5. The number of halogens is 1. The molecule has 7 N–H and O–H groups in total. The summed E-state index contributed by atoms with van der Waals surface area (Å²) in [5.41, 5.74) is 7.46. The van der Waals surface area contributed by atoms with E-state index in [0.29, 0.717) is 74.8 Å². The molecule has 0 atom stereocenters. The standard InChI is InChI=1S/C23H31N7O2.C22H29N7O2.C20H28BrN5O/c1-6-30(5)21-18(14-24)20(26-19-13-16(22(31)25-3)8-7-15(19)2)27-23(28-21)32-17-9-11-29(4)12-10-17;1-14-6-7-15(21(30)24-2)12-18(14)25-19-17(13-23)20(28(3)4)27-22(26-19)31-16-8-10-29(5)11-9-16;1-7-15-25-17(23-11-20(3,4)5)16(21)18(26-15)24-14-10-13(19(27)22-6)9-8-12(14)2/h7-8,13,17H,6,9-12H2,1-5H3,(H,25,31)(H,26,27,28);6-7,12,16H,8-11H2,1-5H3,(H,24,30)(H,25,26,27);8-10H,7,11H2,1-6H3,(H,22,27)(H2,23,24,25,26). The summed E-state index contributed by atoms with van der Waals surface area (Å²) in [6.45, 7) is 21.7. The minimum atomic E-state index is -0.188. The van der Waals surface area contributed by atoms with Crippen LogP contribution < -0.4 is 56.5 Å². The number of amides is 3. The Balaban J connectivity index is 0.000000216. The molecule has 2 fully saturated rings. The highest BCUT2D eigenvalue weighted by Crippen LogP contribution is 2.35. The van der Waals surface area contributed by atoms with Crippen molar-refractivity contribution in [3.8, 4) is 24.2 Å². The van der Waals surface area contributed by atoms with Crippen LogP contribution in [0.2, 0.25) is 0 Å². The third kappa shape index (κ3) is 19.3.